The van der Waals surface area contributed by atoms with Crippen LogP contribution in [0.25, 0.3) is 0 Å². The van der Waals surface area contributed by atoms with Crippen molar-refractivity contribution in [1.82, 2.24) is 5.32 Å². The standard InChI is InChI=1S/C16H14FN3O4/c17-13-7-2-1-4-10(13)9-14(15(18)21)19-16(22)11-5-3-6-12(8-11)20(23)24/h1-8,14H,9H2,(H2,18,21)(H,19,22)/t14-/m0/s1. The van der Waals surface area contributed by atoms with Crippen molar-refractivity contribution in [3.05, 3.63) is 75.6 Å². The zero-order chi connectivity index (χ0) is 17.7. The number of nitro benzene ring substituents is 1. The fourth-order valence-corrected chi connectivity index (χ4v) is 2.11. The summed E-state index contributed by atoms with van der Waals surface area (Å²) >= 11 is 0. The lowest BCUT2D eigenvalue weighted by Crippen LogP contribution is -2.46. The summed E-state index contributed by atoms with van der Waals surface area (Å²) in [6, 6.07) is 9.69. The van der Waals surface area contributed by atoms with Crippen LogP contribution >= 0.6 is 0 Å². The molecule has 0 saturated carbocycles. The van der Waals surface area contributed by atoms with Gasteiger partial charge in [0.15, 0.2) is 0 Å². The maximum absolute atomic E-state index is 13.7. The van der Waals surface area contributed by atoms with Crippen molar-refractivity contribution in [1.29, 1.82) is 0 Å². The Hall–Kier alpha value is -3.29. The Bertz CT molecular complexity index is 794. The normalized spacial score (nSPS) is 11.5. The summed E-state index contributed by atoms with van der Waals surface area (Å²) in [7, 11) is 0. The molecule has 24 heavy (non-hydrogen) atoms. The number of carbonyl (C=O) groups is 2. The van der Waals surface area contributed by atoms with Crippen LogP contribution in [-0.2, 0) is 11.2 Å². The highest BCUT2D eigenvalue weighted by molar-refractivity contribution is 5.97. The number of halogens is 1. The first kappa shape index (κ1) is 17.1. The Labute approximate surface area is 136 Å². The topological polar surface area (TPSA) is 115 Å². The zero-order valence-corrected chi connectivity index (χ0v) is 12.4. The van der Waals surface area contributed by atoms with Gasteiger partial charge in [0.05, 0.1) is 4.92 Å². The van der Waals surface area contributed by atoms with E-state index in [2.05, 4.69) is 5.32 Å². The molecular formula is C16H14FN3O4. The third-order valence-corrected chi connectivity index (χ3v) is 3.35. The average Bonchev–Trinajstić information content (AvgIpc) is 2.56. The average molecular weight is 331 g/mol. The monoisotopic (exact) mass is 331 g/mol. The molecule has 0 fully saturated rings. The lowest BCUT2D eigenvalue weighted by Gasteiger charge is -2.16. The lowest BCUT2D eigenvalue weighted by atomic mass is 10.0. The molecule has 124 valence electrons. The first-order chi connectivity index (χ1) is 11.4. The largest absolute Gasteiger partial charge is 0.368 e. The molecule has 0 unspecified atom stereocenters. The van der Waals surface area contributed by atoms with Crippen molar-refractivity contribution < 1.29 is 18.9 Å². The second-order valence-electron chi connectivity index (χ2n) is 5.03. The van der Waals surface area contributed by atoms with E-state index in [4.69, 9.17) is 5.73 Å². The van der Waals surface area contributed by atoms with E-state index in [1.54, 1.807) is 6.07 Å². The highest BCUT2D eigenvalue weighted by Gasteiger charge is 2.21. The van der Waals surface area contributed by atoms with E-state index >= 15 is 0 Å². The molecule has 1 atom stereocenters. The summed E-state index contributed by atoms with van der Waals surface area (Å²) < 4.78 is 13.7. The van der Waals surface area contributed by atoms with Crippen LogP contribution in [0.4, 0.5) is 10.1 Å². The molecule has 0 bridgehead atoms. The van der Waals surface area contributed by atoms with Gasteiger partial charge in [-0.3, -0.25) is 19.7 Å². The van der Waals surface area contributed by atoms with Gasteiger partial charge < -0.3 is 11.1 Å². The number of nitrogens with zero attached hydrogens (tertiary/aromatic N) is 1. The minimum absolute atomic E-state index is 0.00369. The molecule has 0 aliphatic rings. The molecule has 0 spiro atoms. The molecule has 0 aliphatic heterocycles. The number of rotatable bonds is 6. The Morgan fingerprint density at radius 2 is 1.92 bits per heavy atom. The van der Waals surface area contributed by atoms with E-state index in [-0.39, 0.29) is 23.2 Å². The van der Waals surface area contributed by atoms with Gasteiger partial charge in [0, 0.05) is 24.1 Å². The third-order valence-electron chi connectivity index (χ3n) is 3.35. The number of hydrogen-bond acceptors (Lipinski definition) is 4. The van der Waals surface area contributed by atoms with Crippen molar-refractivity contribution in [3.63, 3.8) is 0 Å². The number of nitrogens with two attached hydrogens (primary N) is 1. The molecule has 0 aromatic heterocycles. The predicted molar refractivity (Wildman–Crippen MR) is 83.6 cm³/mol. The van der Waals surface area contributed by atoms with Gasteiger partial charge in [0.2, 0.25) is 5.91 Å². The number of primary amides is 1. The smallest absolute Gasteiger partial charge is 0.270 e. The van der Waals surface area contributed by atoms with Crippen LogP contribution in [0.1, 0.15) is 15.9 Å². The van der Waals surface area contributed by atoms with E-state index in [1.165, 1.54) is 36.4 Å². The Morgan fingerprint density at radius 3 is 2.54 bits per heavy atom. The summed E-state index contributed by atoms with van der Waals surface area (Å²) in [6.07, 6.45) is -0.122. The van der Waals surface area contributed by atoms with Gasteiger partial charge in [-0.1, -0.05) is 24.3 Å². The number of non-ortho nitro benzene ring substituents is 1. The van der Waals surface area contributed by atoms with E-state index in [1.807, 2.05) is 0 Å². The highest BCUT2D eigenvalue weighted by atomic mass is 19.1. The van der Waals surface area contributed by atoms with Crippen LogP contribution in [0.15, 0.2) is 48.5 Å². The highest BCUT2D eigenvalue weighted by Crippen LogP contribution is 2.14. The SMILES string of the molecule is NC(=O)[C@H](Cc1ccccc1F)NC(=O)c1cccc([N+](=O)[O-])c1. The molecule has 2 amide bonds. The minimum Gasteiger partial charge on any atom is -0.368 e. The second-order valence-corrected chi connectivity index (χ2v) is 5.03. The number of nitrogens with one attached hydrogen (secondary N) is 1. The van der Waals surface area contributed by atoms with Crippen LogP contribution in [0.2, 0.25) is 0 Å². The molecule has 3 N–H and O–H groups in total. The third kappa shape index (κ3) is 4.13. The molecule has 0 radical (unpaired) electrons. The van der Waals surface area contributed by atoms with Gasteiger partial charge in [0.1, 0.15) is 11.9 Å². The second kappa shape index (κ2) is 7.32. The predicted octanol–water partition coefficient (Wildman–Crippen LogP) is 1.56. The summed E-state index contributed by atoms with van der Waals surface area (Å²) in [6.45, 7) is 0. The molecule has 7 nitrogen and oxygen atoms in total. The Kier molecular flexibility index (Phi) is 5.20. The molecule has 2 rings (SSSR count). The van der Waals surface area contributed by atoms with Gasteiger partial charge in [-0.05, 0) is 17.7 Å². The zero-order valence-electron chi connectivity index (χ0n) is 12.4. The fourth-order valence-electron chi connectivity index (χ4n) is 2.11. The molecular weight excluding hydrogens is 317 g/mol. The summed E-state index contributed by atoms with van der Waals surface area (Å²) in [5, 5.41) is 13.1. The van der Waals surface area contributed by atoms with Crippen molar-refractivity contribution in [2.75, 3.05) is 0 Å². The molecule has 8 heteroatoms. The number of nitro groups is 1. The maximum Gasteiger partial charge on any atom is 0.270 e. The Morgan fingerprint density at radius 1 is 1.21 bits per heavy atom. The minimum atomic E-state index is -1.14. The van der Waals surface area contributed by atoms with Crippen molar-refractivity contribution in [3.8, 4) is 0 Å². The molecule has 0 heterocycles. The van der Waals surface area contributed by atoms with Crippen LogP contribution in [-0.4, -0.2) is 22.8 Å². The molecule has 0 aliphatic carbocycles. The lowest BCUT2D eigenvalue weighted by molar-refractivity contribution is -0.384. The first-order valence-electron chi connectivity index (χ1n) is 6.96. The summed E-state index contributed by atoms with van der Waals surface area (Å²) in [4.78, 5) is 33.8. The van der Waals surface area contributed by atoms with E-state index in [0.29, 0.717) is 0 Å². The van der Waals surface area contributed by atoms with Gasteiger partial charge in [-0.15, -0.1) is 0 Å². The van der Waals surface area contributed by atoms with Crippen LogP contribution in [0, 0.1) is 15.9 Å². The van der Waals surface area contributed by atoms with E-state index < -0.39 is 28.6 Å². The maximum atomic E-state index is 13.7. The fraction of sp³-hybridized carbons (Fsp3) is 0.125. The number of benzene rings is 2. The van der Waals surface area contributed by atoms with Gasteiger partial charge in [-0.25, -0.2) is 4.39 Å². The Balaban J connectivity index is 2.17. The molecule has 2 aromatic rings. The van der Waals surface area contributed by atoms with Gasteiger partial charge >= 0.3 is 0 Å². The van der Waals surface area contributed by atoms with Gasteiger partial charge in [0.25, 0.3) is 11.6 Å². The van der Waals surface area contributed by atoms with E-state index in [0.717, 1.165) is 6.07 Å². The summed E-state index contributed by atoms with van der Waals surface area (Å²) in [5.74, 6) is -2.07. The number of hydrogen-bond donors (Lipinski definition) is 2. The van der Waals surface area contributed by atoms with Crippen LogP contribution < -0.4 is 11.1 Å². The number of amides is 2. The van der Waals surface area contributed by atoms with E-state index in [9.17, 15) is 24.1 Å². The van der Waals surface area contributed by atoms with Crippen LogP contribution in [0.5, 0.6) is 0 Å². The quantitative estimate of drug-likeness (QED) is 0.617. The van der Waals surface area contributed by atoms with Crippen LogP contribution in [0.3, 0.4) is 0 Å². The van der Waals surface area contributed by atoms with Gasteiger partial charge in [-0.2, -0.15) is 0 Å². The molecule has 0 saturated heterocycles. The first-order valence-corrected chi connectivity index (χ1v) is 6.96. The number of carbonyl (C=O) groups excluding carboxylic acids is 2. The van der Waals surface area contributed by atoms with Crippen molar-refractivity contribution >= 4 is 17.5 Å². The van der Waals surface area contributed by atoms with Crippen molar-refractivity contribution in [2.45, 2.75) is 12.5 Å². The molecule has 2 aromatic carbocycles. The summed E-state index contributed by atoms with van der Waals surface area (Å²) in [5.41, 5.74) is 5.22. The van der Waals surface area contributed by atoms with Crippen molar-refractivity contribution in [2.24, 2.45) is 5.73 Å².